The maximum atomic E-state index is 11.8. The van der Waals surface area contributed by atoms with E-state index in [2.05, 4.69) is 41.2 Å². The Hall–Kier alpha value is -1.81. The summed E-state index contributed by atoms with van der Waals surface area (Å²) in [7, 11) is 0. The molecule has 0 bridgehead atoms. The number of hydrogen-bond donors (Lipinski definition) is 2. The first-order valence-corrected chi connectivity index (χ1v) is 7.28. The summed E-state index contributed by atoms with van der Waals surface area (Å²) >= 11 is 0. The quantitative estimate of drug-likeness (QED) is 0.812. The smallest absolute Gasteiger partial charge is 0.234 e. The summed E-state index contributed by atoms with van der Waals surface area (Å²) in [5.41, 5.74) is 2.40. The number of amides is 1. The third-order valence-electron chi connectivity index (χ3n) is 3.65. The molecule has 0 atom stereocenters. The number of nitrogens with zero attached hydrogens (tertiary/aromatic N) is 1. The SMILES string of the molecule is CCN(CC)CC(=O)NCCc1c[nH]c2ccccc12. The molecule has 2 aromatic rings. The Morgan fingerprint density at radius 2 is 2.00 bits per heavy atom. The van der Waals surface area contributed by atoms with Gasteiger partial charge in [0.1, 0.15) is 0 Å². The Kier molecular flexibility index (Phi) is 5.18. The zero-order chi connectivity index (χ0) is 14.4. The molecule has 0 fully saturated rings. The number of aromatic amines is 1. The third kappa shape index (κ3) is 3.61. The predicted octanol–water partition coefficient (Wildman–Crippen LogP) is 2.17. The lowest BCUT2D eigenvalue weighted by atomic mass is 10.1. The largest absolute Gasteiger partial charge is 0.361 e. The Labute approximate surface area is 120 Å². The Bertz CT molecular complexity index is 558. The second-order valence-electron chi connectivity index (χ2n) is 4.92. The molecule has 1 aromatic heterocycles. The van der Waals surface area contributed by atoms with Crippen LogP contribution in [-0.2, 0) is 11.2 Å². The molecule has 1 amide bonds. The number of benzene rings is 1. The zero-order valence-corrected chi connectivity index (χ0v) is 12.3. The predicted molar refractivity (Wildman–Crippen MR) is 82.8 cm³/mol. The molecule has 108 valence electrons. The molecule has 0 unspecified atom stereocenters. The fraction of sp³-hybridized carbons (Fsp3) is 0.438. The van der Waals surface area contributed by atoms with Gasteiger partial charge in [-0.3, -0.25) is 9.69 Å². The molecule has 4 heteroatoms. The van der Waals surface area contributed by atoms with Gasteiger partial charge in [0, 0.05) is 23.6 Å². The van der Waals surface area contributed by atoms with Gasteiger partial charge in [0.25, 0.3) is 0 Å². The van der Waals surface area contributed by atoms with Crippen molar-refractivity contribution < 1.29 is 4.79 Å². The van der Waals surface area contributed by atoms with E-state index in [9.17, 15) is 4.79 Å². The first-order valence-electron chi connectivity index (χ1n) is 7.28. The highest BCUT2D eigenvalue weighted by molar-refractivity contribution is 5.83. The van der Waals surface area contributed by atoms with Crippen LogP contribution in [0.4, 0.5) is 0 Å². The molecule has 2 rings (SSSR count). The number of H-pyrrole nitrogens is 1. The van der Waals surface area contributed by atoms with Gasteiger partial charge in [-0.15, -0.1) is 0 Å². The lowest BCUT2D eigenvalue weighted by Gasteiger charge is -2.17. The molecular formula is C16H23N3O. The number of nitrogens with one attached hydrogen (secondary N) is 2. The third-order valence-corrected chi connectivity index (χ3v) is 3.65. The van der Waals surface area contributed by atoms with Gasteiger partial charge in [-0.05, 0) is 31.1 Å². The normalized spacial score (nSPS) is 11.2. The Morgan fingerprint density at radius 3 is 2.75 bits per heavy atom. The summed E-state index contributed by atoms with van der Waals surface area (Å²) < 4.78 is 0. The molecule has 1 heterocycles. The van der Waals surface area contributed by atoms with Crippen molar-refractivity contribution in [1.82, 2.24) is 15.2 Å². The lowest BCUT2D eigenvalue weighted by Crippen LogP contribution is -2.37. The number of rotatable bonds is 7. The molecule has 0 saturated heterocycles. The van der Waals surface area contributed by atoms with Crippen molar-refractivity contribution in [2.75, 3.05) is 26.2 Å². The minimum Gasteiger partial charge on any atom is -0.361 e. The van der Waals surface area contributed by atoms with Gasteiger partial charge >= 0.3 is 0 Å². The molecule has 20 heavy (non-hydrogen) atoms. The molecule has 0 aliphatic carbocycles. The lowest BCUT2D eigenvalue weighted by molar-refractivity contribution is -0.122. The van der Waals surface area contributed by atoms with Crippen molar-refractivity contribution in [3.63, 3.8) is 0 Å². The molecule has 0 saturated carbocycles. The summed E-state index contributed by atoms with van der Waals surface area (Å²) in [5, 5.41) is 4.23. The van der Waals surface area contributed by atoms with E-state index in [1.165, 1.54) is 10.9 Å². The average Bonchev–Trinajstić information content (AvgIpc) is 2.88. The van der Waals surface area contributed by atoms with Crippen molar-refractivity contribution in [1.29, 1.82) is 0 Å². The van der Waals surface area contributed by atoms with Crippen LogP contribution in [0.15, 0.2) is 30.5 Å². The molecule has 0 aliphatic rings. The Balaban J connectivity index is 1.82. The zero-order valence-electron chi connectivity index (χ0n) is 12.3. The van der Waals surface area contributed by atoms with Crippen LogP contribution in [0.5, 0.6) is 0 Å². The van der Waals surface area contributed by atoms with Gasteiger partial charge in [0.05, 0.1) is 6.54 Å². The van der Waals surface area contributed by atoms with Crippen LogP contribution < -0.4 is 5.32 Å². The van der Waals surface area contributed by atoms with Gasteiger partial charge in [-0.1, -0.05) is 32.0 Å². The number of para-hydroxylation sites is 1. The molecule has 0 spiro atoms. The first-order chi connectivity index (χ1) is 9.74. The van der Waals surface area contributed by atoms with Crippen molar-refractivity contribution in [2.45, 2.75) is 20.3 Å². The number of carbonyl (C=O) groups excluding carboxylic acids is 1. The standard InChI is InChI=1S/C16H23N3O/c1-3-19(4-2)12-16(20)17-10-9-13-11-18-15-8-6-5-7-14(13)15/h5-8,11,18H,3-4,9-10,12H2,1-2H3,(H,17,20). The van der Waals surface area contributed by atoms with Crippen LogP contribution in [0.25, 0.3) is 10.9 Å². The number of carbonyl (C=O) groups is 1. The monoisotopic (exact) mass is 273 g/mol. The van der Waals surface area contributed by atoms with E-state index in [0.717, 1.165) is 25.0 Å². The van der Waals surface area contributed by atoms with Gasteiger partial charge in [0.2, 0.25) is 5.91 Å². The Morgan fingerprint density at radius 1 is 1.25 bits per heavy atom. The topological polar surface area (TPSA) is 48.1 Å². The summed E-state index contributed by atoms with van der Waals surface area (Å²) in [5.74, 6) is 0.105. The number of aromatic nitrogens is 1. The van der Waals surface area contributed by atoms with Crippen LogP contribution in [0, 0.1) is 0 Å². The van der Waals surface area contributed by atoms with E-state index < -0.39 is 0 Å². The van der Waals surface area contributed by atoms with Crippen molar-refractivity contribution in [3.8, 4) is 0 Å². The molecular weight excluding hydrogens is 250 g/mol. The van der Waals surface area contributed by atoms with Gasteiger partial charge in [-0.2, -0.15) is 0 Å². The maximum Gasteiger partial charge on any atom is 0.234 e. The van der Waals surface area contributed by atoms with E-state index in [1.54, 1.807) is 0 Å². The van der Waals surface area contributed by atoms with Crippen LogP contribution in [0.2, 0.25) is 0 Å². The van der Waals surface area contributed by atoms with E-state index in [0.29, 0.717) is 13.1 Å². The number of hydrogen-bond acceptors (Lipinski definition) is 2. The molecule has 1 aromatic carbocycles. The van der Waals surface area contributed by atoms with E-state index in [-0.39, 0.29) is 5.91 Å². The van der Waals surface area contributed by atoms with Gasteiger partial charge < -0.3 is 10.3 Å². The van der Waals surface area contributed by atoms with E-state index in [4.69, 9.17) is 0 Å². The number of likely N-dealkylation sites (N-methyl/N-ethyl adjacent to an activating group) is 1. The van der Waals surface area contributed by atoms with E-state index in [1.807, 2.05) is 18.3 Å². The molecule has 4 nitrogen and oxygen atoms in total. The maximum absolute atomic E-state index is 11.8. The van der Waals surface area contributed by atoms with Crippen molar-refractivity contribution >= 4 is 16.8 Å². The van der Waals surface area contributed by atoms with Crippen LogP contribution in [0.3, 0.4) is 0 Å². The summed E-state index contributed by atoms with van der Waals surface area (Å²) in [6.07, 6.45) is 2.88. The number of fused-ring (bicyclic) bond motifs is 1. The second-order valence-corrected chi connectivity index (χ2v) is 4.92. The highest BCUT2D eigenvalue weighted by Gasteiger charge is 2.07. The van der Waals surface area contributed by atoms with Crippen LogP contribution in [0.1, 0.15) is 19.4 Å². The van der Waals surface area contributed by atoms with Gasteiger partial charge in [0.15, 0.2) is 0 Å². The van der Waals surface area contributed by atoms with Crippen LogP contribution >= 0.6 is 0 Å². The van der Waals surface area contributed by atoms with Crippen molar-refractivity contribution in [2.24, 2.45) is 0 Å². The fourth-order valence-electron chi connectivity index (χ4n) is 2.38. The molecule has 2 N–H and O–H groups in total. The highest BCUT2D eigenvalue weighted by Crippen LogP contribution is 2.17. The summed E-state index contributed by atoms with van der Waals surface area (Å²) in [6, 6.07) is 8.24. The first kappa shape index (κ1) is 14.6. The average molecular weight is 273 g/mol. The van der Waals surface area contributed by atoms with Gasteiger partial charge in [-0.25, -0.2) is 0 Å². The minimum atomic E-state index is 0.105. The second kappa shape index (κ2) is 7.10. The van der Waals surface area contributed by atoms with Crippen molar-refractivity contribution in [3.05, 3.63) is 36.0 Å². The molecule has 0 aliphatic heterocycles. The van der Waals surface area contributed by atoms with Crippen LogP contribution in [-0.4, -0.2) is 42.0 Å². The summed E-state index contributed by atoms with van der Waals surface area (Å²) in [6.45, 7) is 7.13. The van der Waals surface area contributed by atoms with E-state index >= 15 is 0 Å². The summed E-state index contributed by atoms with van der Waals surface area (Å²) in [4.78, 5) is 17.2. The molecule has 0 radical (unpaired) electrons. The minimum absolute atomic E-state index is 0.105. The fourth-order valence-corrected chi connectivity index (χ4v) is 2.38. The highest BCUT2D eigenvalue weighted by atomic mass is 16.2.